The van der Waals surface area contributed by atoms with Gasteiger partial charge in [-0.05, 0) is 0 Å². The Morgan fingerprint density at radius 2 is 1.12 bits per heavy atom. The van der Waals surface area contributed by atoms with Crippen LogP contribution in [0.25, 0.3) is 10.0 Å². The van der Waals surface area contributed by atoms with Crippen LogP contribution in [0.3, 0.4) is 0 Å². The predicted molar refractivity (Wildman–Crippen MR) is 131 cm³/mol. The van der Waals surface area contributed by atoms with E-state index in [1.165, 1.54) is 36.9 Å². The second kappa shape index (κ2) is 9.18. The molecule has 2 aliphatic rings. The van der Waals surface area contributed by atoms with Crippen molar-refractivity contribution < 1.29 is 29.8 Å². The van der Waals surface area contributed by atoms with Gasteiger partial charge in [0, 0.05) is 0 Å². The molecule has 0 fully saturated rings. The number of hydrogen-bond acceptors (Lipinski definition) is 0. The Morgan fingerprint density at radius 1 is 0.647 bits per heavy atom. The van der Waals surface area contributed by atoms with E-state index in [-0.39, 0.29) is 15.0 Å². The molecule has 0 saturated carbocycles. The molecule has 34 heavy (non-hydrogen) atoms. The van der Waals surface area contributed by atoms with Crippen LogP contribution in [0.5, 0.6) is 0 Å². The Bertz CT molecular complexity index is 1220. The van der Waals surface area contributed by atoms with Crippen molar-refractivity contribution in [2.24, 2.45) is 0 Å². The van der Waals surface area contributed by atoms with Crippen molar-refractivity contribution in [3.05, 3.63) is 118 Å². The normalized spacial score (nSPS) is 17.7. The Labute approximate surface area is 200 Å². The molecular weight excluding hydrogens is 538 g/mol. The average Bonchev–Trinajstić information content (AvgIpc) is 2.78. The summed E-state index contributed by atoms with van der Waals surface area (Å²) in [5.41, 5.74) is 6.42. The Kier molecular flexibility index (Phi) is 7.01. The molecule has 4 rings (SSSR count). The van der Waals surface area contributed by atoms with Gasteiger partial charge in [-0.3, -0.25) is 0 Å². The minimum atomic E-state index is -10.7. The van der Waals surface area contributed by atoms with Gasteiger partial charge in [0.1, 0.15) is 0 Å². The summed E-state index contributed by atoms with van der Waals surface area (Å²) in [6.45, 7) is 0. The van der Waals surface area contributed by atoms with E-state index >= 15 is 0 Å². The van der Waals surface area contributed by atoms with Gasteiger partial charge in [-0.25, -0.2) is 0 Å². The van der Waals surface area contributed by atoms with E-state index in [1.807, 2.05) is 0 Å². The summed E-state index contributed by atoms with van der Waals surface area (Å²) in [5, 5.41) is 0. The zero-order valence-corrected chi connectivity index (χ0v) is 20.9. The summed E-state index contributed by atoms with van der Waals surface area (Å²) in [5.74, 6) is 0. The van der Waals surface area contributed by atoms with Crippen LogP contribution in [0.4, 0.5) is 25.2 Å². The van der Waals surface area contributed by atoms with Crippen LogP contribution in [0.1, 0.15) is 11.1 Å². The summed E-state index contributed by atoms with van der Waals surface area (Å²) < 4.78 is 64.2. The molecular formula is C25H22F6NPSe. The van der Waals surface area contributed by atoms with Crippen molar-refractivity contribution in [3.8, 4) is 0 Å². The molecule has 1 nitrogen and oxygen atoms in total. The van der Waals surface area contributed by atoms with Crippen molar-refractivity contribution in [3.63, 3.8) is 0 Å². The van der Waals surface area contributed by atoms with Gasteiger partial charge >= 0.3 is 201 Å². The maximum atomic E-state index is 9.87. The second-order valence-electron chi connectivity index (χ2n) is 7.71. The van der Waals surface area contributed by atoms with Gasteiger partial charge < -0.3 is 0 Å². The summed E-state index contributed by atoms with van der Waals surface area (Å²) in [7, 11) is -6.50. The first-order valence-electron chi connectivity index (χ1n) is 10.1. The van der Waals surface area contributed by atoms with Crippen LogP contribution in [0.2, 0.25) is 0 Å². The topological polar surface area (TPSA) is 3.01 Å². The molecule has 1 aliphatic carbocycles. The molecule has 0 saturated heterocycles. The number of halogens is 6. The first-order valence-corrected chi connectivity index (χ1v) is 13.8. The van der Waals surface area contributed by atoms with Crippen LogP contribution < -0.4 is 0 Å². The van der Waals surface area contributed by atoms with Gasteiger partial charge in [-0.15, -0.1) is 0 Å². The van der Waals surface area contributed by atoms with E-state index in [0.717, 1.165) is 0 Å². The predicted octanol–water partition coefficient (Wildman–Crippen LogP) is 8.30. The van der Waals surface area contributed by atoms with Gasteiger partial charge in [0.2, 0.25) is 0 Å². The summed E-state index contributed by atoms with van der Waals surface area (Å²) >= 11 is 0.277. The summed E-state index contributed by atoms with van der Waals surface area (Å²) in [4.78, 5) is 0. The molecule has 1 aliphatic heterocycles. The standard InChI is InChI=1S/C25H22NSe.F6P/c1-26(2)23-15-13-21(14-16-23)25-18-22(19-9-5-3-6-10-19)17-24(27-25)20-11-7-4-8-12-20;1-7(2,3,4,5)6/h3-18H,1-2H3;/q+1;-1. The number of nitrogens with zero attached hydrogens (tertiary/aromatic N) is 1. The van der Waals surface area contributed by atoms with Crippen LogP contribution in [0.15, 0.2) is 107 Å². The van der Waals surface area contributed by atoms with E-state index in [1.54, 1.807) is 0 Å². The van der Waals surface area contributed by atoms with Crippen LogP contribution in [-0.2, 0) is 0 Å². The summed E-state index contributed by atoms with van der Waals surface area (Å²) in [6, 6.07) is 21.4. The first-order chi connectivity index (χ1) is 15.7. The molecule has 0 atom stereocenters. The van der Waals surface area contributed by atoms with Crippen LogP contribution >= 0.6 is 7.81 Å². The summed E-state index contributed by atoms with van der Waals surface area (Å²) in [6.07, 6.45) is 13.6. The zero-order valence-electron chi connectivity index (χ0n) is 18.3. The minimum absolute atomic E-state index is 0.277. The molecule has 2 aromatic carbocycles. The van der Waals surface area contributed by atoms with E-state index in [4.69, 9.17) is 0 Å². The van der Waals surface area contributed by atoms with Crippen molar-refractivity contribution in [2.45, 2.75) is 0 Å². The molecule has 180 valence electrons. The van der Waals surface area contributed by atoms with E-state index < -0.39 is 7.81 Å². The third-order valence-electron chi connectivity index (χ3n) is 4.63. The van der Waals surface area contributed by atoms with E-state index in [2.05, 4.69) is 116 Å². The monoisotopic (exact) mass is 561 g/mol. The fourth-order valence-corrected chi connectivity index (χ4v) is 5.45. The molecule has 0 radical (unpaired) electrons. The number of rotatable bonds is 2. The van der Waals surface area contributed by atoms with E-state index in [9.17, 15) is 25.2 Å². The molecule has 9 heteroatoms. The van der Waals surface area contributed by atoms with Crippen molar-refractivity contribution in [2.75, 3.05) is 14.1 Å². The van der Waals surface area contributed by atoms with Crippen LogP contribution in [0, 0.1) is 0 Å². The van der Waals surface area contributed by atoms with Gasteiger partial charge in [0.15, 0.2) is 0 Å². The first kappa shape index (κ1) is 26.0. The Balaban J connectivity index is 0.000000406. The van der Waals surface area contributed by atoms with Gasteiger partial charge in [0.25, 0.3) is 0 Å². The molecule has 0 unspecified atom stereocenters. The third kappa shape index (κ3) is 8.94. The molecule has 0 amide bonds. The number of benzene rings is 2. The average molecular weight is 560 g/mol. The zero-order chi connectivity index (χ0) is 25.0. The fourth-order valence-electron chi connectivity index (χ4n) is 3.11. The molecule has 0 bridgehead atoms. The fraction of sp³-hybridized carbons (Fsp3) is 0.0800. The Morgan fingerprint density at radius 3 is 1.59 bits per heavy atom. The van der Waals surface area contributed by atoms with Crippen molar-refractivity contribution in [1.82, 2.24) is 0 Å². The van der Waals surface area contributed by atoms with Gasteiger partial charge in [-0.1, -0.05) is 0 Å². The number of allylic oxidation sites excluding steroid dienone is 9. The molecule has 0 spiro atoms. The third-order valence-corrected chi connectivity index (χ3v) is 7.03. The molecule has 0 aromatic heterocycles. The van der Waals surface area contributed by atoms with Gasteiger partial charge in [0.05, 0.1) is 0 Å². The SMILES string of the molecule is C[N+](C)=C1C=CC(=C2C=C(c3ccccc3)C=C(c3ccccc3)[Se]2)C=C1.F[P-](F)(F)(F)(F)F. The quantitative estimate of drug-likeness (QED) is 0.151. The second-order valence-corrected chi connectivity index (χ2v) is 11.9. The van der Waals surface area contributed by atoms with Crippen LogP contribution in [-0.4, -0.2) is 39.3 Å². The Hall–Kier alpha value is -2.66. The maximum absolute atomic E-state index is 10.7. The van der Waals surface area contributed by atoms with Gasteiger partial charge in [-0.2, -0.15) is 0 Å². The molecule has 0 N–H and O–H groups in total. The van der Waals surface area contributed by atoms with E-state index in [0.29, 0.717) is 0 Å². The molecule has 1 heterocycles. The molecule has 2 aromatic rings. The van der Waals surface area contributed by atoms with Crippen molar-refractivity contribution in [1.29, 1.82) is 0 Å². The van der Waals surface area contributed by atoms with Crippen molar-refractivity contribution >= 4 is 38.5 Å². The number of hydrogen-bond donors (Lipinski definition) is 0.